The molecule has 150 valence electrons. The summed E-state index contributed by atoms with van der Waals surface area (Å²) in [5.41, 5.74) is 0.0763. The fourth-order valence-corrected chi connectivity index (χ4v) is 4.97. The number of likely N-dealkylation sites (tertiary alicyclic amines) is 1. The van der Waals surface area contributed by atoms with Crippen molar-refractivity contribution in [2.45, 2.75) is 19.4 Å². The van der Waals surface area contributed by atoms with Crippen molar-refractivity contribution in [1.82, 2.24) is 19.6 Å². The lowest BCUT2D eigenvalue weighted by molar-refractivity contribution is -0.117. The number of hydrogen-bond donors (Lipinski definition) is 3. The number of carbonyl (C=O) groups excluding carboxylic acids is 1. The van der Waals surface area contributed by atoms with Crippen LogP contribution < -0.4 is 9.03 Å². The van der Waals surface area contributed by atoms with Crippen LogP contribution in [0, 0.1) is 11.7 Å². The Morgan fingerprint density at radius 2 is 2.18 bits per heavy atom. The van der Waals surface area contributed by atoms with Gasteiger partial charge in [0, 0.05) is 18.9 Å². The third-order valence-corrected chi connectivity index (χ3v) is 6.37. The number of rotatable bonds is 5. The lowest BCUT2D eigenvalue weighted by Gasteiger charge is -2.19. The van der Waals surface area contributed by atoms with E-state index in [0.717, 1.165) is 31.9 Å². The van der Waals surface area contributed by atoms with E-state index in [4.69, 9.17) is 0 Å². The summed E-state index contributed by atoms with van der Waals surface area (Å²) in [5.74, 6) is -0.964. The number of aromatic hydroxyl groups is 1. The molecule has 3 heterocycles. The second-order valence-corrected chi connectivity index (χ2v) is 8.71. The van der Waals surface area contributed by atoms with Gasteiger partial charge in [-0.15, -0.1) is 0 Å². The smallest absolute Gasteiger partial charge is 0.326 e. The molecule has 0 spiro atoms. The first-order chi connectivity index (χ1) is 13.3. The molecular formula is C17H20FN5O4S. The number of phenols is 1. The SMILES string of the molecule is O=C1CN(c2c(O)cc(CC3CCN(Cc4ncc[nH]4)C3)cc2F)S(=O)(=O)N1. The van der Waals surface area contributed by atoms with Gasteiger partial charge in [0.15, 0.2) is 5.82 Å². The van der Waals surface area contributed by atoms with Gasteiger partial charge in [0.25, 0.3) is 5.91 Å². The van der Waals surface area contributed by atoms with E-state index < -0.39 is 39.9 Å². The molecule has 4 rings (SSSR count). The number of hydrogen-bond acceptors (Lipinski definition) is 6. The normalized spacial score (nSPS) is 22.0. The third-order valence-electron chi connectivity index (χ3n) is 5.00. The second kappa shape index (κ2) is 7.06. The van der Waals surface area contributed by atoms with Crippen LogP contribution in [0.3, 0.4) is 0 Å². The number of aromatic nitrogens is 2. The molecule has 2 aromatic rings. The topological polar surface area (TPSA) is 119 Å². The zero-order valence-electron chi connectivity index (χ0n) is 14.9. The average Bonchev–Trinajstić information content (AvgIpc) is 3.30. The van der Waals surface area contributed by atoms with Crippen LogP contribution in [-0.4, -0.2) is 53.9 Å². The Morgan fingerprint density at radius 1 is 1.36 bits per heavy atom. The number of nitrogens with zero attached hydrogens (tertiary/aromatic N) is 3. The summed E-state index contributed by atoms with van der Waals surface area (Å²) < 4.78 is 40.7. The number of H-pyrrole nitrogens is 1. The van der Waals surface area contributed by atoms with Crippen molar-refractivity contribution < 1.29 is 22.7 Å². The van der Waals surface area contributed by atoms with Gasteiger partial charge in [-0.05, 0) is 43.0 Å². The quantitative estimate of drug-likeness (QED) is 0.662. The maximum absolute atomic E-state index is 14.6. The summed E-state index contributed by atoms with van der Waals surface area (Å²) >= 11 is 0. The first kappa shape index (κ1) is 18.7. The van der Waals surface area contributed by atoms with Crippen molar-refractivity contribution in [3.05, 3.63) is 41.7 Å². The molecule has 11 heteroatoms. The van der Waals surface area contributed by atoms with Gasteiger partial charge < -0.3 is 10.1 Å². The van der Waals surface area contributed by atoms with Gasteiger partial charge in [-0.2, -0.15) is 8.42 Å². The molecule has 2 saturated heterocycles. The zero-order valence-corrected chi connectivity index (χ0v) is 15.7. The number of aromatic amines is 1. The highest BCUT2D eigenvalue weighted by atomic mass is 32.2. The van der Waals surface area contributed by atoms with Gasteiger partial charge in [0.05, 0.1) is 6.54 Å². The molecule has 2 fully saturated rings. The highest BCUT2D eigenvalue weighted by molar-refractivity contribution is 7.92. The Kier molecular flexibility index (Phi) is 4.71. The van der Waals surface area contributed by atoms with Crippen molar-refractivity contribution in [1.29, 1.82) is 0 Å². The van der Waals surface area contributed by atoms with Crippen LogP contribution in [0.2, 0.25) is 0 Å². The first-order valence-corrected chi connectivity index (χ1v) is 10.3. The number of nitrogens with one attached hydrogen (secondary N) is 2. The van der Waals surface area contributed by atoms with E-state index in [0.29, 0.717) is 22.2 Å². The molecule has 1 atom stereocenters. The van der Waals surface area contributed by atoms with Crippen molar-refractivity contribution in [2.75, 3.05) is 23.9 Å². The van der Waals surface area contributed by atoms with Gasteiger partial charge >= 0.3 is 10.2 Å². The van der Waals surface area contributed by atoms with Crippen molar-refractivity contribution in [2.24, 2.45) is 5.92 Å². The van der Waals surface area contributed by atoms with E-state index in [2.05, 4.69) is 14.9 Å². The maximum Gasteiger partial charge on any atom is 0.326 e. The monoisotopic (exact) mass is 409 g/mol. The van der Waals surface area contributed by atoms with Crippen LogP contribution in [-0.2, 0) is 28.0 Å². The van der Waals surface area contributed by atoms with Crippen molar-refractivity contribution >= 4 is 21.8 Å². The Morgan fingerprint density at radius 3 is 2.82 bits per heavy atom. The largest absolute Gasteiger partial charge is 0.506 e. The highest BCUT2D eigenvalue weighted by Gasteiger charge is 2.37. The summed E-state index contributed by atoms with van der Waals surface area (Å²) in [4.78, 5) is 20.9. The molecule has 3 N–H and O–H groups in total. The summed E-state index contributed by atoms with van der Waals surface area (Å²) in [6, 6.07) is 2.59. The Labute approximate surface area is 161 Å². The van der Waals surface area contributed by atoms with Crippen LogP contribution in [0.4, 0.5) is 10.1 Å². The predicted octanol–water partition coefficient (Wildman–Crippen LogP) is 0.500. The van der Waals surface area contributed by atoms with E-state index in [1.165, 1.54) is 12.1 Å². The van der Waals surface area contributed by atoms with Gasteiger partial charge in [-0.1, -0.05) is 0 Å². The predicted molar refractivity (Wildman–Crippen MR) is 98.1 cm³/mol. The number of amides is 1. The van der Waals surface area contributed by atoms with Crippen LogP contribution in [0.1, 0.15) is 17.8 Å². The number of imidazole rings is 1. The first-order valence-electron chi connectivity index (χ1n) is 8.87. The molecule has 0 saturated carbocycles. The average molecular weight is 409 g/mol. The Balaban J connectivity index is 1.46. The second-order valence-electron chi connectivity index (χ2n) is 7.11. The summed E-state index contributed by atoms with van der Waals surface area (Å²) in [7, 11) is -4.18. The molecular weight excluding hydrogens is 389 g/mol. The van der Waals surface area contributed by atoms with Crippen LogP contribution in [0.25, 0.3) is 0 Å². The van der Waals surface area contributed by atoms with Gasteiger partial charge in [0.2, 0.25) is 0 Å². The standard InChI is InChI=1S/C17H20FN5O4S/c18-13-6-12(5-11-1-4-22(8-11)9-15-19-2-3-20-15)7-14(24)17(13)23-10-16(25)21-28(23,26)27/h2-3,6-7,11,24H,1,4-5,8-10H2,(H,19,20)(H,21,25). The maximum atomic E-state index is 14.6. The number of phenolic OH excluding ortho intramolecular Hbond substituents is 1. The molecule has 1 amide bonds. The third kappa shape index (κ3) is 3.67. The van der Waals surface area contributed by atoms with Gasteiger partial charge in [0.1, 0.15) is 23.8 Å². The summed E-state index contributed by atoms with van der Waals surface area (Å²) in [5, 5.41) is 10.2. The zero-order chi connectivity index (χ0) is 19.9. The number of benzene rings is 1. The van der Waals surface area contributed by atoms with Gasteiger partial charge in [-0.3, -0.25) is 9.69 Å². The molecule has 28 heavy (non-hydrogen) atoms. The van der Waals surface area contributed by atoms with Crippen LogP contribution in [0.15, 0.2) is 24.5 Å². The van der Waals surface area contributed by atoms with Crippen molar-refractivity contribution in [3.8, 4) is 5.75 Å². The molecule has 9 nitrogen and oxygen atoms in total. The lowest BCUT2D eigenvalue weighted by atomic mass is 9.98. The van der Waals surface area contributed by atoms with E-state index >= 15 is 0 Å². The molecule has 1 aromatic carbocycles. The molecule has 1 aromatic heterocycles. The Hall–Kier alpha value is -2.66. The fourth-order valence-electron chi connectivity index (χ4n) is 3.80. The highest BCUT2D eigenvalue weighted by Crippen LogP contribution is 2.35. The number of anilines is 1. The summed E-state index contributed by atoms with van der Waals surface area (Å²) in [6.07, 6.45) is 4.98. The molecule has 0 bridgehead atoms. The Bertz CT molecular complexity index is 972. The summed E-state index contributed by atoms with van der Waals surface area (Å²) in [6.45, 7) is 1.88. The van der Waals surface area contributed by atoms with Gasteiger partial charge in [-0.25, -0.2) is 18.4 Å². The lowest BCUT2D eigenvalue weighted by Crippen LogP contribution is -2.30. The van der Waals surface area contributed by atoms with Crippen LogP contribution in [0.5, 0.6) is 5.75 Å². The van der Waals surface area contributed by atoms with Crippen molar-refractivity contribution in [3.63, 3.8) is 0 Å². The number of carbonyl (C=O) groups is 1. The minimum Gasteiger partial charge on any atom is -0.506 e. The number of halogens is 1. The molecule has 1 unspecified atom stereocenters. The molecule has 2 aliphatic heterocycles. The molecule has 2 aliphatic rings. The minimum atomic E-state index is -4.18. The minimum absolute atomic E-state index is 0.290. The fraction of sp³-hybridized carbons (Fsp3) is 0.412. The molecule has 0 radical (unpaired) electrons. The molecule has 0 aliphatic carbocycles. The van der Waals surface area contributed by atoms with E-state index in [1.807, 2.05) is 0 Å². The van der Waals surface area contributed by atoms with E-state index in [1.54, 1.807) is 17.1 Å². The van der Waals surface area contributed by atoms with E-state index in [9.17, 15) is 22.7 Å². The van der Waals surface area contributed by atoms with E-state index in [-0.39, 0.29) is 0 Å². The van der Waals surface area contributed by atoms with Crippen LogP contribution >= 0.6 is 0 Å².